The van der Waals surface area contributed by atoms with Gasteiger partial charge in [-0.3, -0.25) is 5.32 Å². The molecule has 0 saturated carbocycles. The molecular formula is C51H36N4OS. The number of hydrogen-bond acceptors (Lipinski definition) is 5. The first-order valence-corrected chi connectivity index (χ1v) is 20.4. The number of thiophene rings is 1. The Morgan fingerprint density at radius 1 is 0.614 bits per heavy atom. The Hall–Kier alpha value is -6.73. The van der Waals surface area contributed by atoms with Crippen LogP contribution in [0.5, 0.6) is 0 Å². The maximum absolute atomic E-state index is 6.83. The minimum absolute atomic E-state index is 0.0587. The van der Waals surface area contributed by atoms with Crippen LogP contribution < -0.4 is 21.3 Å². The van der Waals surface area contributed by atoms with E-state index in [0.717, 1.165) is 50.6 Å². The van der Waals surface area contributed by atoms with Gasteiger partial charge in [-0.15, -0.1) is 11.3 Å². The number of aromatic nitrogens is 1. The topological polar surface area (TPSA) is 54.5 Å². The normalized spacial score (nSPS) is 18.0. The summed E-state index contributed by atoms with van der Waals surface area (Å²) in [5.41, 5.74) is 10.1. The Kier molecular flexibility index (Phi) is 7.37. The van der Waals surface area contributed by atoms with E-state index >= 15 is 0 Å². The van der Waals surface area contributed by atoms with Crippen LogP contribution >= 0.6 is 11.3 Å². The van der Waals surface area contributed by atoms with Gasteiger partial charge in [0.15, 0.2) is 0 Å². The van der Waals surface area contributed by atoms with Crippen LogP contribution in [0.3, 0.4) is 0 Å². The van der Waals surface area contributed by atoms with E-state index in [0.29, 0.717) is 0 Å². The lowest BCUT2D eigenvalue weighted by molar-refractivity contribution is 0.400. The summed E-state index contributed by atoms with van der Waals surface area (Å²) in [7, 11) is 0. The zero-order valence-electron chi connectivity index (χ0n) is 30.9. The third kappa shape index (κ3) is 5.29. The number of para-hydroxylation sites is 3. The predicted molar refractivity (Wildman–Crippen MR) is 237 cm³/mol. The van der Waals surface area contributed by atoms with Gasteiger partial charge in [-0.1, -0.05) is 140 Å². The van der Waals surface area contributed by atoms with Crippen molar-refractivity contribution >= 4 is 82.3 Å². The number of amidine groups is 1. The lowest BCUT2D eigenvalue weighted by Crippen LogP contribution is -2.47. The van der Waals surface area contributed by atoms with Gasteiger partial charge in [0.1, 0.15) is 29.2 Å². The van der Waals surface area contributed by atoms with Crippen LogP contribution in [0.1, 0.15) is 29.9 Å². The molecule has 0 spiro atoms. The second-order valence-electron chi connectivity index (χ2n) is 15.1. The molecule has 0 saturated heterocycles. The van der Waals surface area contributed by atoms with Gasteiger partial charge in [0.05, 0.1) is 11.0 Å². The Labute approximate surface area is 332 Å². The van der Waals surface area contributed by atoms with Gasteiger partial charge in [0, 0.05) is 58.7 Å². The molecule has 0 radical (unpaired) electrons. The SMILES string of the molecule is C1=c2oc3c(-c4ccc5c(c4)sc4cc(-n6c7ccccc7c7ccccc76)ccc45)cccc3c2=CCC1C1=NC(c2ccccc2)NC(c2ccccc2)N1. The fourth-order valence-electron chi connectivity index (χ4n) is 9.07. The van der Waals surface area contributed by atoms with E-state index in [1.54, 1.807) is 0 Å². The van der Waals surface area contributed by atoms with Gasteiger partial charge in [-0.25, -0.2) is 4.99 Å². The van der Waals surface area contributed by atoms with Crippen molar-refractivity contribution in [3.8, 4) is 16.8 Å². The Morgan fingerprint density at radius 3 is 2.05 bits per heavy atom. The standard InChI is InChI=1S/C51H36N4OS/c1-3-12-31(13-4-1)49-52-50(32-14-5-2-6-15-32)54-51(53-49)34-23-25-39-42-19-11-18-36(48(42)56-45(39)28-34)33-22-26-40-41-27-24-35(30-47(41)57-46(40)29-33)55-43-20-9-7-16-37(43)38-17-8-10-21-44(38)55/h1-22,24-30,34,49-50,52H,23H2,(H,53,54). The highest BCUT2D eigenvalue weighted by molar-refractivity contribution is 7.25. The number of rotatable bonds is 5. The second-order valence-corrected chi connectivity index (χ2v) is 16.2. The van der Waals surface area contributed by atoms with Gasteiger partial charge in [-0.05, 0) is 59.5 Å². The predicted octanol–water partition coefficient (Wildman–Crippen LogP) is 11.1. The van der Waals surface area contributed by atoms with Crippen molar-refractivity contribution < 1.29 is 4.42 Å². The van der Waals surface area contributed by atoms with E-state index in [1.165, 1.54) is 53.2 Å². The molecule has 3 atom stereocenters. The van der Waals surface area contributed by atoms with Crippen LogP contribution in [0.2, 0.25) is 0 Å². The number of nitrogens with one attached hydrogen (secondary N) is 2. The van der Waals surface area contributed by atoms with E-state index in [2.05, 4.69) is 191 Å². The Bertz CT molecular complexity index is 3300. The Balaban J connectivity index is 0.921. The minimum atomic E-state index is -0.159. The number of benzene rings is 7. The number of nitrogens with zero attached hydrogens (tertiary/aromatic N) is 2. The molecule has 7 aromatic carbocycles. The molecule has 3 aromatic heterocycles. The summed E-state index contributed by atoms with van der Waals surface area (Å²) in [6.45, 7) is 0. The first-order chi connectivity index (χ1) is 28.2. The monoisotopic (exact) mass is 752 g/mol. The van der Waals surface area contributed by atoms with E-state index in [-0.39, 0.29) is 18.2 Å². The maximum atomic E-state index is 6.83. The molecule has 0 amide bonds. The van der Waals surface area contributed by atoms with Gasteiger partial charge in [0.25, 0.3) is 0 Å². The van der Waals surface area contributed by atoms with Crippen molar-refractivity contribution in [2.45, 2.75) is 18.8 Å². The highest BCUT2D eigenvalue weighted by Crippen LogP contribution is 2.40. The highest BCUT2D eigenvalue weighted by Gasteiger charge is 2.29. The average molecular weight is 753 g/mol. The molecule has 10 aromatic rings. The smallest absolute Gasteiger partial charge is 0.143 e. The quantitative estimate of drug-likeness (QED) is 0.184. The molecule has 0 fully saturated rings. The third-order valence-electron chi connectivity index (χ3n) is 11.8. The van der Waals surface area contributed by atoms with Crippen molar-refractivity contribution in [1.82, 2.24) is 15.2 Å². The summed E-state index contributed by atoms with van der Waals surface area (Å²) < 4.78 is 11.8. The molecule has 5 nitrogen and oxygen atoms in total. The molecule has 2 N–H and O–H groups in total. The first kappa shape index (κ1) is 32.5. The summed E-state index contributed by atoms with van der Waals surface area (Å²) in [6.07, 6.45) is 5.22. The molecule has 4 heterocycles. The van der Waals surface area contributed by atoms with Gasteiger partial charge in [0.2, 0.25) is 0 Å². The van der Waals surface area contributed by atoms with E-state index in [9.17, 15) is 0 Å². The molecule has 3 unspecified atom stereocenters. The molecule has 2 aliphatic rings. The van der Waals surface area contributed by atoms with E-state index < -0.39 is 0 Å². The van der Waals surface area contributed by atoms with Crippen molar-refractivity contribution in [2.75, 3.05) is 0 Å². The molecule has 272 valence electrons. The fraction of sp³-hybridized carbons (Fsp3) is 0.0784. The first-order valence-electron chi connectivity index (χ1n) is 19.6. The number of hydrogen-bond donors (Lipinski definition) is 2. The van der Waals surface area contributed by atoms with Gasteiger partial charge >= 0.3 is 0 Å². The zero-order valence-corrected chi connectivity index (χ0v) is 31.7. The zero-order chi connectivity index (χ0) is 37.5. The van der Waals surface area contributed by atoms with Crippen LogP contribution in [0, 0.1) is 5.92 Å². The number of furan rings is 1. The lowest BCUT2D eigenvalue weighted by atomic mass is 9.96. The van der Waals surface area contributed by atoms with Crippen LogP contribution in [0.4, 0.5) is 0 Å². The lowest BCUT2D eigenvalue weighted by Gasteiger charge is -2.34. The number of fused-ring (bicyclic) bond motifs is 9. The van der Waals surface area contributed by atoms with E-state index in [1.807, 2.05) is 11.3 Å². The van der Waals surface area contributed by atoms with Crippen molar-refractivity contribution in [1.29, 1.82) is 0 Å². The summed E-state index contributed by atoms with van der Waals surface area (Å²) in [5, 5.41) is 14.9. The third-order valence-corrected chi connectivity index (χ3v) is 12.9. The van der Waals surface area contributed by atoms with Crippen LogP contribution in [-0.4, -0.2) is 10.4 Å². The van der Waals surface area contributed by atoms with Crippen LogP contribution in [0.25, 0.3) is 81.9 Å². The molecule has 1 aliphatic carbocycles. The highest BCUT2D eigenvalue weighted by atomic mass is 32.1. The maximum Gasteiger partial charge on any atom is 0.143 e. The molecule has 1 aliphatic heterocycles. The van der Waals surface area contributed by atoms with Crippen LogP contribution in [-0.2, 0) is 0 Å². The van der Waals surface area contributed by atoms with Crippen molar-refractivity contribution in [3.05, 3.63) is 186 Å². The fourth-order valence-corrected chi connectivity index (χ4v) is 10.3. The van der Waals surface area contributed by atoms with Crippen molar-refractivity contribution in [2.24, 2.45) is 10.9 Å². The summed E-state index contributed by atoms with van der Waals surface area (Å²) in [6, 6.07) is 58.8. The molecule has 12 rings (SSSR count). The van der Waals surface area contributed by atoms with Crippen LogP contribution in [0.15, 0.2) is 173 Å². The molecule has 0 bridgehead atoms. The summed E-state index contributed by atoms with van der Waals surface area (Å²) in [5.74, 6) is 1.03. The molecule has 6 heteroatoms. The molecular weight excluding hydrogens is 717 g/mol. The van der Waals surface area contributed by atoms with Crippen molar-refractivity contribution in [3.63, 3.8) is 0 Å². The van der Waals surface area contributed by atoms with Gasteiger partial charge < -0.3 is 14.3 Å². The molecule has 57 heavy (non-hydrogen) atoms. The largest absolute Gasteiger partial charge is 0.456 e. The summed E-state index contributed by atoms with van der Waals surface area (Å²) >= 11 is 1.86. The minimum Gasteiger partial charge on any atom is -0.456 e. The van der Waals surface area contributed by atoms with E-state index in [4.69, 9.17) is 9.41 Å². The number of aliphatic imine (C=N–C) groups is 1. The second kappa shape index (κ2) is 12.9. The average Bonchev–Trinajstić information content (AvgIpc) is 3.95. The Morgan fingerprint density at radius 2 is 1.28 bits per heavy atom. The van der Waals surface area contributed by atoms with Gasteiger partial charge in [-0.2, -0.15) is 0 Å². The summed E-state index contributed by atoms with van der Waals surface area (Å²) in [4.78, 5) is 5.24.